The van der Waals surface area contributed by atoms with E-state index in [2.05, 4.69) is 10.1 Å². The third-order valence-electron chi connectivity index (χ3n) is 4.65. The highest BCUT2D eigenvalue weighted by molar-refractivity contribution is 6.32. The Labute approximate surface area is 149 Å². The van der Waals surface area contributed by atoms with Crippen molar-refractivity contribution in [3.05, 3.63) is 40.9 Å². The Kier molecular flexibility index (Phi) is 3.95. The Bertz CT molecular complexity index is 846. The maximum absolute atomic E-state index is 12.8. The van der Waals surface area contributed by atoms with E-state index in [0.717, 1.165) is 12.8 Å². The Hall–Kier alpha value is -2.41. The van der Waals surface area contributed by atoms with E-state index in [-0.39, 0.29) is 11.7 Å². The first-order chi connectivity index (χ1) is 12.1. The SMILES string of the molecule is O=C(O)[C@@H]1CCCN1C(=O)c1nc(C2CC2)n(-c2ccccc2Cl)n1. The molecule has 8 heteroatoms. The van der Waals surface area contributed by atoms with Crippen LogP contribution in [0.2, 0.25) is 5.02 Å². The largest absolute Gasteiger partial charge is 0.480 e. The third kappa shape index (κ3) is 2.89. The molecule has 2 aliphatic rings. The Balaban J connectivity index is 1.72. The average molecular weight is 361 g/mol. The summed E-state index contributed by atoms with van der Waals surface area (Å²) in [5.41, 5.74) is 0.675. The van der Waals surface area contributed by atoms with Crippen LogP contribution in [-0.2, 0) is 4.79 Å². The summed E-state index contributed by atoms with van der Waals surface area (Å²) in [7, 11) is 0. The van der Waals surface area contributed by atoms with E-state index in [1.807, 2.05) is 18.2 Å². The normalized spacial score (nSPS) is 20.0. The number of rotatable bonds is 4. The molecule has 2 heterocycles. The minimum atomic E-state index is -0.987. The molecule has 1 aromatic heterocycles. The maximum atomic E-state index is 12.8. The maximum Gasteiger partial charge on any atom is 0.326 e. The van der Waals surface area contributed by atoms with Crippen molar-refractivity contribution >= 4 is 23.5 Å². The second kappa shape index (κ2) is 6.15. The van der Waals surface area contributed by atoms with Gasteiger partial charge in [-0.05, 0) is 37.8 Å². The van der Waals surface area contributed by atoms with Gasteiger partial charge in [-0.15, -0.1) is 5.10 Å². The van der Waals surface area contributed by atoms with Gasteiger partial charge < -0.3 is 10.0 Å². The van der Waals surface area contributed by atoms with E-state index in [9.17, 15) is 14.7 Å². The number of carbonyl (C=O) groups excluding carboxylic acids is 1. The number of aromatic nitrogens is 3. The molecule has 2 fully saturated rings. The number of nitrogens with zero attached hydrogens (tertiary/aromatic N) is 4. The van der Waals surface area contributed by atoms with E-state index < -0.39 is 17.9 Å². The highest BCUT2D eigenvalue weighted by Gasteiger charge is 2.38. The van der Waals surface area contributed by atoms with Crippen LogP contribution in [0.5, 0.6) is 0 Å². The van der Waals surface area contributed by atoms with Gasteiger partial charge in [-0.1, -0.05) is 23.7 Å². The summed E-state index contributed by atoms with van der Waals surface area (Å²) in [6.45, 7) is 0.412. The van der Waals surface area contributed by atoms with E-state index in [4.69, 9.17) is 11.6 Å². The Morgan fingerprint density at radius 2 is 1.96 bits per heavy atom. The number of carboxylic acid groups (broad SMARTS) is 1. The summed E-state index contributed by atoms with van der Waals surface area (Å²) in [5, 5.41) is 14.2. The highest BCUT2D eigenvalue weighted by atomic mass is 35.5. The molecule has 0 unspecified atom stereocenters. The van der Waals surface area contributed by atoms with Crippen molar-refractivity contribution in [3.8, 4) is 5.69 Å². The van der Waals surface area contributed by atoms with Crippen molar-refractivity contribution in [1.29, 1.82) is 0 Å². The number of halogens is 1. The second-order valence-corrected chi connectivity index (χ2v) is 6.83. The molecule has 1 saturated carbocycles. The van der Waals surface area contributed by atoms with Gasteiger partial charge in [-0.2, -0.15) is 0 Å². The van der Waals surface area contributed by atoms with Gasteiger partial charge in [0.05, 0.1) is 10.7 Å². The smallest absolute Gasteiger partial charge is 0.326 e. The van der Waals surface area contributed by atoms with Gasteiger partial charge in [0.25, 0.3) is 5.91 Å². The van der Waals surface area contributed by atoms with Gasteiger partial charge in [-0.25, -0.2) is 14.5 Å². The molecule has 0 spiro atoms. The molecule has 7 nitrogen and oxygen atoms in total. The molecule has 25 heavy (non-hydrogen) atoms. The topological polar surface area (TPSA) is 88.3 Å². The molecule has 0 bridgehead atoms. The number of carbonyl (C=O) groups is 2. The number of hydrogen-bond acceptors (Lipinski definition) is 4. The zero-order valence-corrected chi connectivity index (χ0v) is 14.2. The summed E-state index contributed by atoms with van der Waals surface area (Å²) >= 11 is 6.27. The molecule has 0 radical (unpaired) electrons. The van der Waals surface area contributed by atoms with Crippen LogP contribution in [0, 0.1) is 0 Å². The first-order valence-electron chi connectivity index (χ1n) is 8.32. The lowest BCUT2D eigenvalue weighted by atomic mass is 10.2. The lowest BCUT2D eigenvalue weighted by Gasteiger charge is -2.19. The first-order valence-corrected chi connectivity index (χ1v) is 8.69. The summed E-state index contributed by atoms with van der Waals surface area (Å²) < 4.78 is 1.62. The van der Waals surface area contributed by atoms with Crippen LogP contribution in [-0.4, -0.2) is 49.2 Å². The molecule has 1 aliphatic carbocycles. The van der Waals surface area contributed by atoms with Gasteiger partial charge in [0.1, 0.15) is 11.9 Å². The van der Waals surface area contributed by atoms with Crippen molar-refractivity contribution in [3.63, 3.8) is 0 Å². The standard InChI is InChI=1S/C17H17ClN4O3/c18-11-4-1-2-5-12(11)22-15(10-7-8-10)19-14(20-22)16(23)21-9-3-6-13(21)17(24)25/h1-2,4-5,10,13H,3,6-9H2,(H,24,25)/t13-/m0/s1. The van der Waals surface area contributed by atoms with Gasteiger partial charge in [0.15, 0.2) is 0 Å². The lowest BCUT2D eigenvalue weighted by Crippen LogP contribution is -2.40. The first kappa shape index (κ1) is 16.1. The van der Waals surface area contributed by atoms with Crippen molar-refractivity contribution in [1.82, 2.24) is 19.7 Å². The van der Waals surface area contributed by atoms with Crippen LogP contribution in [0.1, 0.15) is 48.0 Å². The Morgan fingerprint density at radius 1 is 1.20 bits per heavy atom. The fourth-order valence-corrected chi connectivity index (χ4v) is 3.43. The van der Waals surface area contributed by atoms with Gasteiger partial charge in [-0.3, -0.25) is 4.79 Å². The number of hydrogen-bond donors (Lipinski definition) is 1. The predicted octanol–water partition coefficient (Wildman–Crippen LogP) is 2.49. The summed E-state index contributed by atoms with van der Waals surface area (Å²) in [5.74, 6) is -0.409. The van der Waals surface area contributed by atoms with Crippen molar-refractivity contribution in [2.75, 3.05) is 6.54 Å². The van der Waals surface area contributed by atoms with Gasteiger partial charge in [0, 0.05) is 12.5 Å². The monoisotopic (exact) mass is 360 g/mol. The molecule has 1 saturated heterocycles. The van der Waals surface area contributed by atoms with E-state index >= 15 is 0 Å². The minimum absolute atomic E-state index is 0.0370. The molecule has 4 rings (SSSR count). The van der Waals surface area contributed by atoms with Gasteiger partial charge in [0.2, 0.25) is 5.82 Å². The van der Waals surface area contributed by atoms with Crippen molar-refractivity contribution in [2.24, 2.45) is 0 Å². The van der Waals surface area contributed by atoms with E-state index in [0.29, 0.717) is 35.9 Å². The molecular formula is C17H17ClN4O3. The van der Waals surface area contributed by atoms with Gasteiger partial charge >= 0.3 is 5.97 Å². The number of para-hydroxylation sites is 1. The Morgan fingerprint density at radius 3 is 2.64 bits per heavy atom. The fourth-order valence-electron chi connectivity index (χ4n) is 3.22. The molecule has 1 aromatic carbocycles. The fraction of sp³-hybridized carbons (Fsp3) is 0.412. The van der Waals surface area contributed by atoms with Crippen LogP contribution in [0.15, 0.2) is 24.3 Å². The lowest BCUT2D eigenvalue weighted by molar-refractivity contribution is -0.141. The molecular weight excluding hydrogens is 344 g/mol. The molecule has 2 aromatic rings. The number of amides is 1. The average Bonchev–Trinajstić information content (AvgIpc) is 3.16. The van der Waals surface area contributed by atoms with Crippen LogP contribution >= 0.6 is 11.6 Å². The number of likely N-dealkylation sites (tertiary alicyclic amines) is 1. The second-order valence-electron chi connectivity index (χ2n) is 6.43. The minimum Gasteiger partial charge on any atom is -0.480 e. The van der Waals surface area contributed by atoms with Crippen LogP contribution < -0.4 is 0 Å². The zero-order chi connectivity index (χ0) is 17.6. The van der Waals surface area contributed by atoms with Crippen LogP contribution in [0.25, 0.3) is 5.69 Å². The van der Waals surface area contributed by atoms with Crippen LogP contribution in [0.3, 0.4) is 0 Å². The third-order valence-corrected chi connectivity index (χ3v) is 4.96. The van der Waals surface area contributed by atoms with Crippen molar-refractivity contribution in [2.45, 2.75) is 37.6 Å². The van der Waals surface area contributed by atoms with Crippen LogP contribution in [0.4, 0.5) is 0 Å². The summed E-state index contributed by atoms with van der Waals surface area (Å²) in [6.07, 6.45) is 3.13. The number of aliphatic carboxylic acids is 1. The zero-order valence-electron chi connectivity index (χ0n) is 13.4. The quantitative estimate of drug-likeness (QED) is 0.904. The summed E-state index contributed by atoms with van der Waals surface area (Å²) in [4.78, 5) is 29.9. The van der Waals surface area contributed by atoms with E-state index in [1.54, 1.807) is 10.7 Å². The number of carboxylic acids is 1. The molecule has 1 aliphatic heterocycles. The predicted molar refractivity (Wildman–Crippen MR) is 90.0 cm³/mol. The van der Waals surface area contributed by atoms with Crippen molar-refractivity contribution < 1.29 is 14.7 Å². The molecule has 1 N–H and O–H groups in total. The molecule has 1 amide bonds. The number of benzene rings is 1. The molecule has 1 atom stereocenters. The summed E-state index contributed by atoms with van der Waals surface area (Å²) in [6, 6.07) is 6.46. The highest BCUT2D eigenvalue weighted by Crippen LogP contribution is 2.40. The van der Waals surface area contributed by atoms with E-state index in [1.165, 1.54) is 4.90 Å². The molecule has 130 valence electrons.